The van der Waals surface area contributed by atoms with E-state index in [9.17, 15) is 13.2 Å². The van der Waals surface area contributed by atoms with Crippen LogP contribution in [0.3, 0.4) is 0 Å². The summed E-state index contributed by atoms with van der Waals surface area (Å²) in [6.45, 7) is 5.32. The number of nitrogens with one attached hydrogen (secondary N) is 3. The van der Waals surface area contributed by atoms with E-state index in [1.54, 1.807) is 24.4 Å². The van der Waals surface area contributed by atoms with Crippen molar-refractivity contribution in [2.45, 2.75) is 68.1 Å². The van der Waals surface area contributed by atoms with Crippen LogP contribution in [0.25, 0.3) is 11.2 Å². The number of sulfone groups is 1. The number of hydrogen-bond donors (Lipinski definition) is 3. The van der Waals surface area contributed by atoms with E-state index >= 15 is 0 Å². The number of anilines is 1. The monoisotopic (exact) mass is 527 g/mol. The summed E-state index contributed by atoms with van der Waals surface area (Å²) in [6.07, 6.45) is 5.90. The van der Waals surface area contributed by atoms with Crippen molar-refractivity contribution in [2.24, 2.45) is 11.8 Å². The van der Waals surface area contributed by atoms with Crippen molar-refractivity contribution in [3.8, 4) is 0 Å². The average molecular weight is 528 g/mol. The molecule has 1 amide bonds. The van der Waals surface area contributed by atoms with Crippen LogP contribution >= 0.6 is 0 Å². The summed E-state index contributed by atoms with van der Waals surface area (Å²) >= 11 is 0. The number of nitrogens with zero attached hydrogens (tertiary/aromatic N) is 2. The van der Waals surface area contributed by atoms with Gasteiger partial charge in [-0.15, -0.1) is 0 Å². The van der Waals surface area contributed by atoms with Gasteiger partial charge in [0.1, 0.15) is 5.52 Å². The van der Waals surface area contributed by atoms with E-state index in [-0.39, 0.29) is 45.7 Å². The molecule has 0 spiro atoms. The summed E-state index contributed by atoms with van der Waals surface area (Å²) in [5, 5.41) is -0.257. The van der Waals surface area contributed by atoms with E-state index in [1.807, 2.05) is 13.0 Å². The lowest BCUT2D eigenvalue weighted by Gasteiger charge is -2.25. The van der Waals surface area contributed by atoms with Gasteiger partial charge in [0.25, 0.3) is 0 Å². The maximum Gasteiger partial charge on any atom is 0.241 e. The van der Waals surface area contributed by atoms with Crippen molar-refractivity contribution in [1.29, 1.82) is 0 Å². The summed E-state index contributed by atoms with van der Waals surface area (Å²) < 4.78 is 38.7. The molecular formula is C26H33N5O5S. The van der Waals surface area contributed by atoms with Crippen LogP contribution in [0.5, 0.6) is 0 Å². The summed E-state index contributed by atoms with van der Waals surface area (Å²) in [7, 11) is -4.01. The molecule has 2 aliphatic rings. The predicted molar refractivity (Wildman–Crippen MR) is 138 cm³/mol. The molecule has 37 heavy (non-hydrogen) atoms. The van der Waals surface area contributed by atoms with Crippen LogP contribution in [0.4, 0.5) is 5.82 Å². The number of benzene rings is 1. The zero-order valence-corrected chi connectivity index (χ0v) is 21.9. The van der Waals surface area contributed by atoms with Crippen molar-refractivity contribution >= 4 is 32.7 Å². The van der Waals surface area contributed by atoms with Gasteiger partial charge in [0.15, 0.2) is 11.5 Å². The van der Waals surface area contributed by atoms with Gasteiger partial charge in [0, 0.05) is 25.3 Å². The fourth-order valence-corrected chi connectivity index (χ4v) is 6.66. The number of amides is 1. The number of aromatic amines is 1. The lowest BCUT2D eigenvalue weighted by Crippen LogP contribution is -2.37. The second-order valence-corrected chi connectivity index (χ2v) is 11.7. The van der Waals surface area contributed by atoms with Gasteiger partial charge in [0.05, 0.1) is 17.1 Å². The van der Waals surface area contributed by atoms with Crippen molar-refractivity contribution < 1.29 is 22.7 Å². The molecule has 1 saturated carbocycles. The molecule has 11 heteroatoms. The maximum absolute atomic E-state index is 13.5. The Kier molecular flexibility index (Phi) is 7.45. The lowest BCUT2D eigenvalue weighted by atomic mass is 9.93. The molecule has 3 aromatic rings. The fourth-order valence-electron chi connectivity index (χ4n) is 5.27. The number of fused-ring (bicyclic) bond motifs is 1. The molecule has 1 aromatic carbocycles. The van der Waals surface area contributed by atoms with E-state index < -0.39 is 9.84 Å². The molecule has 0 bridgehead atoms. The summed E-state index contributed by atoms with van der Waals surface area (Å²) in [5.74, 6) is -0.300. The quantitative estimate of drug-likeness (QED) is 0.379. The van der Waals surface area contributed by atoms with Gasteiger partial charge in [-0.25, -0.2) is 18.4 Å². The van der Waals surface area contributed by atoms with Gasteiger partial charge < -0.3 is 14.5 Å². The SMILES string of the molecule is CCC1CC(OC2CCOCC2)CC1C(=O)NNc1nc2cc[nH]c2nc1S(=O)(=O)c1cccc(C)c1. The first kappa shape index (κ1) is 25.6. The van der Waals surface area contributed by atoms with Gasteiger partial charge in [-0.1, -0.05) is 25.5 Å². The number of hydrazine groups is 1. The number of aromatic nitrogens is 3. The zero-order chi connectivity index (χ0) is 26.0. The average Bonchev–Trinajstić information content (AvgIpc) is 3.53. The van der Waals surface area contributed by atoms with Crippen molar-refractivity contribution in [3.63, 3.8) is 0 Å². The van der Waals surface area contributed by atoms with Gasteiger partial charge >= 0.3 is 0 Å². The van der Waals surface area contributed by atoms with Crippen LogP contribution in [-0.2, 0) is 24.1 Å². The van der Waals surface area contributed by atoms with E-state index in [2.05, 4.69) is 32.7 Å². The Morgan fingerprint density at radius 3 is 2.73 bits per heavy atom. The van der Waals surface area contributed by atoms with E-state index in [0.29, 0.717) is 30.8 Å². The first-order valence-corrected chi connectivity index (χ1v) is 14.3. The van der Waals surface area contributed by atoms with Crippen molar-refractivity contribution in [2.75, 3.05) is 18.6 Å². The van der Waals surface area contributed by atoms with Crippen LogP contribution < -0.4 is 10.9 Å². The standard InChI is InChI=1S/C26H33N5O5S/c1-3-17-14-19(36-18-8-11-35-12-9-18)15-21(17)25(32)31-30-24-26(29-23-22(28-24)7-10-27-23)37(33,34)20-6-4-5-16(2)13-20/h4-7,10,13,17-19,21H,3,8-9,11-12,14-15H2,1-2H3,(H,27,29)(H,28,30)(H,31,32). The van der Waals surface area contributed by atoms with Crippen molar-refractivity contribution in [3.05, 3.63) is 42.1 Å². The molecule has 3 N–H and O–H groups in total. The number of hydrogen-bond acceptors (Lipinski definition) is 8. The number of rotatable bonds is 8. The minimum atomic E-state index is -4.01. The summed E-state index contributed by atoms with van der Waals surface area (Å²) in [6, 6.07) is 8.31. The summed E-state index contributed by atoms with van der Waals surface area (Å²) in [4.78, 5) is 25.1. The lowest BCUT2D eigenvalue weighted by molar-refractivity contribution is -0.126. The molecule has 3 heterocycles. The first-order valence-electron chi connectivity index (χ1n) is 12.8. The zero-order valence-electron chi connectivity index (χ0n) is 21.1. The predicted octanol–water partition coefficient (Wildman–Crippen LogP) is 3.54. The van der Waals surface area contributed by atoms with E-state index in [0.717, 1.165) is 31.2 Å². The molecule has 10 nitrogen and oxygen atoms in total. The molecular weight excluding hydrogens is 494 g/mol. The maximum atomic E-state index is 13.5. The van der Waals surface area contributed by atoms with Gasteiger partial charge in [-0.2, -0.15) is 0 Å². The smallest absolute Gasteiger partial charge is 0.241 e. The highest BCUT2D eigenvalue weighted by Crippen LogP contribution is 2.37. The van der Waals surface area contributed by atoms with Crippen LogP contribution in [0.1, 0.15) is 44.6 Å². The minimum absolute atomic E-state index is 0.0250. The third-order valence-corrected chi connectivity index (χ3v) is 8.94. The molecule has 2 fully saturated rings. The Labute approximate surface area is 216 Å². The van der Waals surface area contributed by atoms with Crippen LogP contribution in [0.15, 0.2) is 46.5 Å². The van der Waals surface area contributed by atoms with Crippen LogP contribution in [0, 0.1) is 18.8 Å². The largest absolute Gasteiger partial charge is 0.381 e. The first-order chi connectivity index (χ1) is 17.8. The molecule has 5 rings (SSSR count). The number of H-pyrrole nitrogens is 1. The third kappa shape index (κ3) is 5.48. The second kappa shape index (κ2) is 10.8. The molecule has 198 valence electrons. The number of carbonyl (C=O) groups excluding carboxylic acids is 1. The molecule has 1 aliphatic heterocycles. The van der Waals surface area contributed by atoms with Gasteiger partial charge in [0.2, 0.25) is 20.8 Å². The number of ether oxygens (including phenoxy) is 2. The van der Waals surface area contributed by atoms with Crippen LogP contribution in [-0.4, -0.2) is 54.7 Å². The Hall–Kier alpha value is -3.02. The Morgan fingerprint density at radius 1 is 1.16 bits per heavy atom. The van der Waals surface area contributed by atoms with E-state index in [1.165, 1.54) is 6.07 Å². The third-order valence-electron chi connectivity index (χ3n) is 7.28. The van der Waals surface area contributed by atoms with Crippen LogP contribution in [0.2, 0.25) is 0 Å². The highest BCUT2D eigenvalue weighted by molar-refractivity contribution is 7.91. The highest BCUT2D eigenvalue weighted by atomic mass is 32.2. The van der Waals surface area contributed by atoms with Gasteiger partial charge in [-0.05, 0) is 62.3 Å². The Bertz CT molecular complexity index is 1370. The number of carbonyl (C=O) groups is 1. The topological polar surface area (TPSA) is 135 Å². The Balaban J connectivity index is 1.34. The second-order valence-electron chi connectivity index (χ2n) is 9.84. The molecule has 3 atom stereocenters. The highest BCUT2D eigenvalue weighted by Gasteiger charge is 2.39. The molecule has 2 aromatic heterocycles. The van der Waals surface area contributed by atoms with Crippen molar-refractivity contribution in [1.82, 2.24) is 20.4 Å². The van der Waals surface area contributed by atoms with E-state index in [4.69, 9.17) is 9.47 Å². The molecule has 1 aliphatic carbocycles. The minimum Gasteiger partial charge on any atom is -0.381 e. The summed E-state index contributed by atoms with van der Waals surface area (Å²) in [5.41, 5.74) is 7.14. The molecule has 3 unspecified atom stereocenters. The normalized spacial score (nSPS) is 22.8. The fraction of sp³-hybridized carbons (Fsp3) is 0.500. The molecule has 0 radical (unpaired) electrons. The van der Waals surface area contributed by atoms with Gasteiger partial charge in [-0.3, -0.25) is 15.6 Å². The number of aryl methyl sites for hydroxylation is 1. The molecule has 1 saturated heterocycles. The Morgan fingerprint density at radius 2 is 1.97 bits per heavy atom.